The number of fused-ring (bicyclic) bond motifs is 1. The van der Waals surface area contributed by atoms with Crippen molar-refractivity contribution in [1.29, 1.82) is 0 Å². The predicted molar refractivity (Wildman–Crippen MR) is 70.2 cm³/mol. The number of rotatable bonds is 5. The molecule has 2 rings (SSSR count). The lowest BCUT2D eigenvalue weighted by Gasteiger charge is -2.19. The number of hydrogen-bond donors (Lipinski definition) is 1. The van der Waals surface area contributed by atoms with Crippen LogP contribution in [0.3, 0.4) is 0 Å². The van der Waals surface area contributed by atoms with Crippen LogP contribution < -0.4 is 5.32 Å². The number of allylic oxidation sites excluding steroid dienone is 1. The fourth-order valence-corrected chi connectivity index (χ4v) is 2.33. The Hall–Kier alpha value is -1.41. The third-order valence-electron chi connectivity index (χ3n) is 3.25. The molecule has 0 fully saturated rings. The van der Waals surface area contributed by atoms with Crippen LogP contribution in [0.2, 0.25) is 0 Å². The van der Waals surface area contributed by atoms with Crippen LogP contribution in [0.15, 0.2) is 30.9 Å². The van der Waals surface area contributed by atoms with Gasteiger partial charge in [-0.15, -0.1) is 6.58 Å². The van der Waals surface area contributed by atoms with Crippen molar-refractivity contribution in [3.8, 4) is 0 Å². The van der Waals surface area contributed by atoms with Crippen molar-refractivity contribution >= 4 is 5.78 Å². The molecule has 2 heteroatoms. The van der Waals surface area contributed by atoms with Crippen LogP contribution in [0.1, 0.15) is 40.7 Å². The van der Waals surface area contributed by atoms with E-state index in [1.165, 1.54) is 11.1 Å². The largest absolute Gasteiger partial charge is 0.312 e. The molecule has 0 aromatic heterocycles. The number of carbonyl (C=O) groups excluding carboxylic acids is 1. The number of carbonyl (C=O) groups is 1. The maximum Gasteiger partial charge on any atom is 0.163 e. The van der Waals surface area contributed by atoms with Gasteiger partial charge in [0, 0.05) is 18.5 Å². The molecule has 17 heavy (non-hydrogen) atoms. The monoisotopic (exact) mass is 229 g/mol. The highest BCUT2D eigenvalue weighted by molar-refractivity contribution is 5.97. The smallest absolute Gasteiger partial charge is 0.163 e. The molecule has 2 nitrogen and oxygen atoms in total. The van der Waals surface area contributed by atoms with Crippen LogP contribution in [0.25, 0.3) is 0 Å². The van der Waals surface area contributed by atoms with Crippen LogP contribution in [-0.4, -0.2) is 12.3 Å². The summed E-state index contributed by atoms with van der Waals surface area (Å²) in [7, 11) is 0. The number of benzene rings is 1. The molecule has 0 unspecified atom stereocenters. The van der Waals surface area contributed by atoms with Crippen LogP contribution in [0, 0.1) is 0 Å². The Balaban J connectivity index is 2.14. The molecule has 0 aliphatic carbocycles. The Morgan fingerprint density at radius 1 is 1.47 bits per heavy atom. The van der Waals surface area contributed by atoms with Crippen LogP contribution in [0.4, 0.5) is 0 Å². The first-order valence-corrected chi connectivity index (χ1v) is 6.28. The van der Waals surface area contributed by atoms with Crippen molar-refractivity contribution in [3.63, 3.8) is 0 Å². The predicted octanol–water partition coefficient (Wildman–Crippen LogP) is 2.87. The van der Waals surface area contributed by atoms with Gasteiger partial charge in [-0.25, -0.2) is 0 Å². The van der Waals surface area contributed by atoms with Crippen molar-refractivity contribution in [1.82, 2.24) is 5.32 Å². The van der Waals surface area contributed by atoms with Gasteiger partial charge in [-0.2, -0.15) is 0 Å². The summed E-state index contributed by atoms with van der Waals surface area (Å²) in [6.07, 6.45) is 5.30. The molecular weight excluding hydrogens is 210 g/mol. The Morgan fingerprint density at radius 2 is 2.35 bits per heavy atom. The summed E-state index contributed by atoms with van der Waals surface area (Å²) in [6.45, 7) is 5.55. The Bertz CT molecular complexity index is 423. The summed E-state index contributed by atoms with van der Waals surface area (Å²) >= 11 is 0. The second kappa shape index (κ2) is 5.78. The maximum atomic E-state index is 12.1. The third kappa shape index (κ3) is 2.83. The molecule has 0 amide bonds. The molecule has 0 bridgehead atoms. The first-order chi connectivity index (χ1) is 8.33. The van der Waals surface area contributed by atoms with E-state index in [0.29, 0.717) is 6.42 Å². The Kier molecular flexibility index (Phi) is 4.10. The second-order valence-corrected chi connectivity index (χ2v) is 4.47. The highest BCUT2D eigenvalue weighted by atomic mass is 16.1. The van der Waals surface area contributed by atoms with Crippen molar-refractivity contribution < 1.29 is 4.79 Å². The average molecular weight is 229 g/mol. The van der Waals surface area contributed by atoms with Gasteiger partial charge in [-0.1, -0.05) is 24.3 Å². The van der Waals surface area contributed by atoms with Gasteiger partial charge in [-0.05, 0) is 36.9 Å². The lowest BCUT2D eigenvalue weighted by molar-refractivity contribution is 0.0979. The maximum absolute atomic E-state index is 12.1. The van der Waals surface area contributed by atoms with Crippen LogP contribution >= 0.6 is 0 Å². The standard InChI is InChI=1S/C15H19NO/c1-2-3-4-8-15(17)14-7-5-6-12-11-16-10-9-13(12)14/h2,5-7,16H,1,3-4,8-11H2. The summed E-state index contributed by atoms with van der Waals surface area (Å²) in [5, 5.41) is 3.33. The van der Waals surface area contributed by atoms with Gasteiger partial charge in [-0.3, -0.25) is 4.79 Å². The van der Waals surface area contributed by atoms with E-state index in [0.717, 1.165) is 37.9 Å². The fourth-order valence-electron chi connectivity index (χ4n) is 2.33. The lowest BCUT2D eigenvalue weighted by Crippen LogP contribution is -2.25. The molecule has 0 radical (unpaired) electrons. The van der Waals surface area contributed by atoms with Crippen molar-refractivity contribution in [2.45, 2.75) is 32.2 Å². The van der Waals surface area contributed by atoms with Gasteiger partial charge in [0.05, 0.1) is 0 Å². The number of ketones is 1. The van der Waals surface area contributed by atoms with E-state index in [-0.39, 0.29) is 5.78 Å². The number of Topliss-reactive ketones (excluding diaryl/α,β-unsaturated/α-hetero) is 1. The normalized spacial score (nSPS) is 14.1. The van der Waals surface area contributed by atoms with Crippen molar-refractivity contribution in [2.75, 3.05) is 6.54 Å². The molecule has 1 aliphatic rings. The van der Waals surface area contributed by atoms with Gasteiger partial charge in [0.25, 0.3) is 0 Å². The zero-order chi connectivity index (χ0) is 12.1. The van der Waals surface area contributed by atoms with Crippen molar-refractivity contribution in [2.24, 2.45) is 0 Å². The summed E-state index contributed by atoms with van der Waals surface area (Å²) < 4.78 is 0. The van der Waals surface area contributed by atoms with Gasteiger partial charge in [0.2, 0.25) is 0 Å². The first kappa shape index (κ1) is 12.1. The molecule has 1 N–H and O–H groups in total. The van der Waals surface area contributed by atoms with E-state index in [4.69, 9.17) is 0 Å². The summed E-state index contributed by atoms with van der Waals surface area (Å²) in [6, 6.07) is 6.08. The fraction of sp³-hybridized carbons (Fsp3) is 0.400. The van der Waals surface area contributed by atoms with Gasteiger partial charge in [0.15, 0.2) is 5.78 Å². The zero-order valence-electron chi connectivity index (χ0n) is 10.2. The van der Waals surface area contributed by atoms with E-state index >= 15 is 0 Å². The minimum atomic E-state index is 0.283. The summed E-state index contributed by atoms with van der Waals surface area (Å²) in [5.74, 6) is 0.283. The molecule has 1 aliphatic heterocycles. The van der Waals surface area contributed by atoms with Crippen LogP contribution in [0.5, 0.6) is 0 Å². The zero-order valence-corrected chi connectivity index (χ0v) is 10.2. The highest BCUT2D eigenvalue weighted by Gasteiger charge is 2.16. The van der Waals surface area contributed by atoms with E-state index in [9.17, 15) is 4.79 Å². The minimum absolute atomic E-state index is 0.283. The molecule has 1 aromatic carbocycles. The summed E-state index contributed by atoms with van der Waals surface area (Å²) in [5.41, 5.74) is 3.48. The average Bonchev–Trinajstić information content (AvgIpc) is 2.38. The van der Waals surface area contributed by atoms with Crippen molar-refractivity contribution in [3.05, 3.63) is 47.5 Å². The number of nitrogens with one attached hydrogen (secondary N) is 1. The Morgan fingerprint density at radius 3 is 3.18 bits per heavy atom. The molecular formula is C15H19NO. The minimum Gasteiger partial charge on any atom is -0.312 e. The van der Waals surface area contributed by atoms with E-state index in [1.807, 2.05) is 18.2 Å². The van der Waals surface area contributed by atoms with Crippen LogP contribution in [-0.2, 0) is 13.0 Å². The first-order valence-electron chi connectivity index (χ1n) is 6.28. The van der Waals surface area contributed by atoms with E-state index in [1.54, 1.807) is 0 Å². The molecule has 1 aromatic rings. The molecule has 0 spiro atoms. The second-order valence-electron chi connectivity index (χ2n) is 4.47. The van der Waals surface area contributed by atoms with Gasteiger partial charge in [0.1, 0.15) is 0 Å². The van der Waals surface area contributed by atoms with E-state index < -0.39 is 0 Å². The molecule has 0 saturated carbocycles. The number of unbranched alkanes of at least 4 members (excludes halogenated alkanes) is 1. The van der Waals surface area contributed by atoms with Gasteiger partial charge >= 0.3 is 0 Å². The Labute approximate surface area is 103 Å². The molecule has 0 saturated heterocycles. The SMILES string of the molecule is C=CCCCC(=O)c1cccc2c1CCNC2. The third-order valence-corrected chi connectivity index (χ3v) is 3.25. The highest BCUT2D eigenvalue weighted by Crippen LogP contribution is 2.20. The van der Waals surface area contributed by atoms with E-state index in [2.05, 4.69) is 18.0 Å². The molecule has 1 heterocycles. The molecule has 0 atom stereocenters. The number of hydrogen-bond acceptors (Lipinski definition) is 2. The quantitative estimate of drug-likeness (QED) is 0.478. The van der Waals surface area contributed by atoms with Gasteiger partial charge < -0.3 is 5.32 Å². The topological polar surface area (TPSA) is 29.1 Å². The lowest BCUT2D eigenvalue weighted by atomic mass is 9.92. The molecule has 90 valence electrons. The summed E-state index contributed by atoms with van der Waals surface area (Å²) in [4.78, 5) is 12.1.